The number of benzene rings is 2. The summed E-state index contributed by atoms with van der Waals surface area (Å²) in [5, 5.41) is 2.66. The first-order valence-electron chi connectivity index (χ1n) is 8.54. The Morgan fingerprint density at radius 1 is 1.07 bits per heavy atom. The third-order valence-corrected chi connectivity index (χ3v) is 4.30. The highest BCUT2D eigenvalue weighted by atomic mass is 19.1. The molecule has 0 fully saturated rings. The molecule has 1 amide bonds. The maximum atomic E-state index is 13.7. The number of halogens is 1. The van der Waals surface area contributed by atoms with Gasteiger partial charge in [0.05, 0.1) is 23.1 Å². The van der Waals surface area contributed by atoms with Gasteiger partial charge in [0, 0.05) is 5.56 Å². The molecule has 0 atom stereocenters. The molecule has 0 saturated heterocycles. The highest BCUT2D eigenvalue weighted by Crippen LogP contribution is 2.36. The fourth-order valence-corrected chi connectivity index (χ4v) is 2.94. The molecule has 2 heterocycles. The number of carbonyl (C=O) groups excluding carboxylic acids is 1. The lowest BCUT2D eigenvalue weighted by Gasteiger charge is -2.20. The number of pyridine rings is 1. The number of carbonyl (C=O) groups is 1. The summed E-state index contributed by atoms with van der Waals surface area (Å²) in [5.41, 5.74) is 3.15. The van der Waals surface area contributed by atoms with Crippen molar-refractivity contribution >= 4 is 11.6 Å². The van der Waals surface area contributed by atoms with Crippen molar-refractivity contribution in [1.29, 1.82) is 0 Å². The molecule has 0 spiro atoms. The Balaban J connectivity index is 1.56. The van der Waals surface area contributed by atoms with Crippen LogP contribution in [-0.2, 0) is 0 Å². The maximum absolute atomic E-state index is 13.7. The van der Waals surface area contributed by atoms with Crippen molar-refractivity contribution < 1.29 is 18.7 Å². The van der Waals surface area contributed by atoms with Crippen molar-refractivity contribution in [3.8, 4) is 22.8 Å². The van der Waals surface area contributed by atoms with Gasteiger partial charge in [0.15, 0.2) is 11.5 Å². The first-order valence-corrected chi connectivity index (χ1v) is 8.54. The van der Waals surface area contributed by atoms with Gasteiger partial charge in [0.1, 0.15) is 19.0 Å². The van der Waals surface area contributed by atoms with E-state index in [0.717, 1.165) is 22.6 Å². The molecule has 6 heteroatoms. The number of hydrogen-bond acceptors (Lipinski definition) is 4. The van der Waals surface area contributed by atoms with E-state index in [1.165, 1.54) is 18.2 Å². The van der Waals surface area contributed by atoms with Gasteiger partial charge in [-0.2, -0.15) is 0 Å². The average molecular weight is 364 g/mol. The summed E-state index contributed by atoms with van der Waals surface area (Å²) < 4.78 is 24.9. The molecule has 0 radical (unpaired) electrons. The SMILES string of the molecule is Cc1cc2c(cc1-c1ccc(NC(=O)c3ccccc3F)cn1)OCCO2. The van der Waals surface area contributed by atoms with Crippen LogP contribution in [0.4, 0.5) is 10.1 Å². The third-order valence-electron chi connectivity index (χ3n) is 4.30. The number of rotatable bonds is 3. The van der Waals surface area contributed by atoms with Crippen molar-refractivity contribution in [3.05, 3.63) is 71.7 Å². The summed E-state index contributed by atoms with van der Waals surface area (Å²) in [7, 11) is 0. The molecule has 0 aliphatic carbocycles. The number of amides is 1. The molecule has 1 aliphatic rings. The molecule has 1 aromatic heterocycles. The van der Waals surface area contributed by atoms with Gasteiger partial charge in [-0.25, -0.2) is 4.39 Å². The molecule has 0 bridgehead atoms. The van der Waals surface area contributed by atoms with E-state index < -0.39 is 11.7 Å². The monoisotopic (exact) mass is 364 g/mol. The Bertz CT molecular complexity index is 1000. The van der Waals surface area contributed by atoms with Crippen molar-refractivity contribution in [2.24, 2.45) is 0 Å². The predicted molar refractivity (Wildman–Crippen MR) is 99.8 cm³/mol. The van der Waals surface area contributed by atoms with Gasteiger partial charge in [-0.3, -0.25) is 9.78 Å². The van der Waals surface area contributed by atoms with E-state index in [4.69, 9.17) is 9.47 Å². The molecule has 136 valence electrons. The molecular formula is C21H17FN2O3. The van der Waals surface area contributed by atoms with Gasteiger partial charge in [-0.05, 0) is 48.9 Å². The zero-order valence-electron chi connectivity index (χ0n) is 14.7. The van der Waals surface area contributed by atoms with Crippen LogP contribution in [-0.4, -0.2) is 24.1 Å². The molecule has 1 N–H and O–H groups in total. The third kappa shape index (κ3) is 3.46. The smallest absolute Gasteiger partial charge is 0.258 e. The van der Waals surface area contributed by atoms with Crippen LogP contribution < -0.4 is 14.8 Å². The number of aryl methyl sites for hydroxylation is 1. The number of ether oxygens (including phenoxy) is 2. The van der Waals surface area contributed by atoms with Gasteiger partial charge >= 0.3 is 0 Å². The van der Waals surface area contributed by atoms with E-state index in [1.807, 2.05) is 19.1 Å². The van der Waals surface area contributed by atoms with E-state index in [-0.39, 0.29) is 5.56 Å². The highest BCUT2D eigenvalue weighted by molar-refractivity contribution is 6.04. The van der Waals surface area contributed by atoms with Gasteiger partial charge in [0.25, 0.3) is 5.91 Å². The normalized spacial score (nSPS) is 12.5. The molecule has 2 aromatic carbocycles. The van der Waals surface area contributed by atoms with E-state index in [2.05, 4.69) is 10.3 Å². The summed E-state index contributed by atoms with van der Waals surface area (Å²) in [6.07, 6.45) is 1.55. The molecule has 1 aliphatic heterocycles. The lowest BCUT2D eigenvalue weighted by molar-refractivity contribution is 0.102. The van der Waals surface area contributed by atoms with Crippen LogP contribution in [0.5, 0.6) is 11.5 Å². The molecule has 0 saturated carbocycles. The average Bonchev–Trinajstić information content (AvgIpc) is 2.68. The lowest BCUT2D eigenvalue weighted by Crippen LogP contribution is -2.15. The Morgan fingerprint density at radius 2 is 1.81 bits per heavy atom. The summed E-state index contributed by atoms with van der Waals surface area (Å²) in [5.74, 6) is 0.349. The number of hydrogen-bond donors (Lipinski definition) is 1. The van der Waals surface area contributed by atoms with Crippen molar-refractivity contribution in [2.45, 2.75) is 6.92 Å². The number of aromatic nitrogens is 1. The number of nitrogens with zero attached hydrogens (tertiary/aromatic N) is 1. The van der Waals surface area contributed by atoms with Gasteiger partial charge < -0.3 is 14.8 Å². The first-order chi connectivity index (χ1) is 13.1. The quantitative estimate of drug-likeness (QED) is 0.756. The van der Waals surface area contributed by atoms with Crippen LogP contribution in [0.15, 0.2) is 54.7 Å². The molecule has 4 rings (SSSR count). The minimum Gasteiger partial charge on any atom is -0.486 e. The molecule has 27 heavy (non-hydrogen) atoms. The summed E-state index contributed by atoms with van der Waals surface area (Å²) in [6, 6.07) is 13.2. The molecule has 0 unspecified atom stereocenters. The van der Waals surface area contributed by atoms with Crippen LogP contribution in [0.3, 0.4) is 0 Å². The lowest BCUT2D eigenvalue weighted by atomic mass is 10.0. The second-order valence-corrected chi connectivity index (χ2v) is 6.18. The van der Waals surface area contributed by atoms with Crippen LogP contribution >= 0.6 is 0 Å². The second-order valence-electron chi connectivity index (χ2n) is 6.18. The summed E-state index contributed by atoms with van der Waals surface area (Å²) >= 11 is 0. The van der Waals surface area contributed by atoms with Crippen molar-refractivity contribution in [3.63, 3.8) is 0 Å². The fraction of sp³-hybridized carbons (Fsp3) is 0.143. The first kappa shape index (κ1) is 17.0. The largest absolute Gasteiger partial charge is 0.486 e. The standard InChI is InChI=1S/C21H17FN2O3/c1-13-10-19-20(27-9-8-26-19)11-16(13)18-7-6-14(12-23-18)24-21(25)15-4-2-3-5-17(15)22/h2-7,10-12H,8-9H2,1H3,(H,24,25). The maximum Gasteiger partial charge on any atom is 0.258 e. The molecular weight excluding hydrogens is 347 g/mol. The summed E-state index contributed by atoms with van der Waals surface area (Å²) in [4.78, 5) is 16.6. The van der Waals surface area contributed by atoms with Gasteiger partial charge in [-0.15, -0.1) is 0 Å². The number of fused-ring (bicyclic) bond motifs is 1. The van der Waals surface area contributed by atoms with Gasteiger partial charge in [-0.1, -0.05) is 12.1 Å². The van der Waals surface area contributed by atoms with Crippen LogP contribution in [0.2, 0.25) is 0 Å². The minimum absolute atomic E-state index is 0.00995. The number of anilines is 1. The molecule has 5 nitrogen and oxygen atoms in total. The van der Waals surface area contributed by atoms with Crippen LogP contribution in [0.25, 0.3) is 11.3 Å². The van der Waals surface area contributed by atoms with Gasteiger partial charge in [0.2, 0.25) is 0 Å². The fourth-order valence-electron chi connectivity index (χ4n) is 2.94. The zero-order chi connectivity index (χ0) is 18.8. The second kappa shape index (κ2) is 7.07. The van der Waals surface area contributed by atoms with E-state index in [0.29, 0.717) is 24.7 Å². The number of nitrogens with one attached hydrogen (secondary N) is 1. The van der Waals surface area contributed by atoms with Crippen LogP contribution in [0, 0.1) is 12.7 Å². The predicted octanol–water partition coefficient (Wildman–Crippen LogP) is 4.22. The Labute approximate surface area is 155 Å². The van der Waals surface area contributed by atoms with E-state index in [1.54, 1.807) is 24.4 Å². The van der Waals surface area contributed by atoms with Crippen molar-refractivity contribution in [1.82, 2.24) is 4.98 Å². The topological polar surface area (TPSA) is 60.5 Å². The molecule has 3 aromatic rings. The summed E-state index contributed by atoms with van der Waals surface area (Å²) in [6.45, 7) is 3.04. The van der Waals surface area contributed by atoms with Crippen LogP contribution in [0.1, 0.15) is 15.9 Å². The highest BCUT2D eigenvalue weighted by Gasteiger charge is 2.16. The van der Waals surface area contributed by atoms with E-state index in [9.17, 15) is 9.18 Å². The Morgan fingerprint density at radius 3 is 2.52 bits per heavy atom. The Hall–Kier alpha value is -3.41. The zero-order valence-corrected chi connectivity index (χ0v) is 14.7. The van der Waals surface area contributed by atoms with Crippen molar-refractivity contribution in [2.75, 3.05) is 18.5 Å². The van der Waals surface area contributed by atoms with E-state index >= 15 is 0 Å². The minimum atomic E-state index is -0.563. The Kier molecular flexibility index (Phi) is 4.46.